The van der Waals surface area contributed by atoms with E-state index in [0.29, 0.717) is 0 Å². The van der Waals surface area contributed by atoms with E-state index in [4.69, 9.17) is 0 Å². The van der Waals surface area contributed by atoms with Crippen LogP contribution in [-0.4, -0.2) is 11.3 Å². The predicted molar refractivity (Wildman–Crippen MR) is 195 cm³/mol. The monoisotopic (exact) mass is 604 g/mol. The topological polar surface area (TPSA) is 8.17 Å². The largest absolute Gasteiger partial charge is 0.375 e. The van der Waals surface area contributed by atoms with Crippen LogP contribution in [0.2, 0.25) is 0 Å². The van der Waals surface area contributed by atoms with Crippen molar-refractivity contribution in [2.75, 3.05) is 4.90 Å². The van der Waals surface area contributed by atoms with Crippen LogP contribution in [0.1, 0.15) is 0 Å². The number of benzene rings is 7. The lowest BCUT2D eigenvalue weighted by Crippen LogP contribution is -2.57. The van der Waals surface area contributed by atoms with Crippen LogP contribution < -0.4 is 15.8 Å². The maximum Gasteiger partial charge on any atom is 0.333 e. The van der Waals surface area contributed by atoms with E-state index in [1.54, 1.807) is 0 Å². The molecule has 206 valence electrons. The summed E-state index contributed by atoms with van der Waals surface area (Å²) in [7, 11) is 0. The van der Waals surface area contributed by atoms with Crippen molar-refractivity contribution in [1.82, 2.24) is 4.48 Å². The zero-order valence-electron chi connectivity index (χ0n) is 23.9. The van der Waals surface area contributed by atoms with Crippen LogP contribution in [0.15, 0.2) is 137 Å². The van der Waals surface area contributed by atoms with Crippen LogP contribution in [0.25, 0.3) is 63.9 Å². The summed E-state index contributed by atoms with van der Waals surface area (Å²) in [5.41, 5.74) is 12.1. The van der Waals surface area contributed by atoms with Crippen molar-refractivity contribution in [1.29, 1.82) is 0 Å². The zero-order chi connectivity index (χ0) is 29.0. The Morgan fingerprint density at radius 1 is 0.533 bits per heavy atom. The van der Waals surface area contributed by atoms with Gasteiger partial charge in [0, 0.05) is 58.0 Å². The van der Waals surface area contributed by atoms with E-state index >= 15 is 0 Å². The second-order valence-electron chi connectivity index (χ2n) is 12.4. The standard InChI is InChI=1S/C40H21BN2S2/c1-2-10-23-22(9-1)19-20-27-25-12-7-13-26-28-21-29-24-11-3-5-16-32(24)45-40(29)39-35(28)41(43(36(23)27)37(25)26)30-14-8-18-34-38(30)42(39)31-15-4-6-17-33(31)44-34/h1-21H. The molecule has 5 heteroatoms. The molecule has 2 nitrogen and oxygen atoms in total. The summed E-state index contributed by atoms with van der Waals surface area (Å²) in [5.74, 6) is 0. The molecule has 9 aromatic rings. The van der Waals surface area contributed by atoms with Crippen LogP contribution in [0.4, 0.5) is 17.1 Å². The van der Waals surface area contributed by atoms with Crippen LogP contribution in [0, 0.1) is 0 Å². The molecule has 3 aliphatic rings. The van der Waals surface area contributed by atoms with Gasteiger partial charge in [-0.2, -0.15) is 0 Å². The fourth-order valence-electron chi connectivity index (χ4n) is 8.62. The maximum atomic E-state index is 2.71. The molecule has 2 aromatic heterocycles. The zero-order valence-corrected chi connectivity index (χ0v) is 25.5. The summed E-state index contributed by atoms with van der Waals surface area (Å²) in [4.78, 5) is 5.26. The van der Waals surface area contributed by atoms with Crippen molar-refractivity contribution in [2.24, 2.45) is 0 Å². The smallest absolute Gasteiger partial charge is 0.333 e. The summed E-state index contributed by atoms with van der Waals surface area (Å²) in [5, 5.41) is 7.97. The number of thiophene rings is 1. The van der Waals surface area contributed by atoms with E-state index in [-0.39, 0.29) is 6.85 Å². The average Bonchev–Trinajstić information content (AvgIpc) is 3.64. The highest BCUT2D eigenvalue weighted by molar-refractivity contribution is 7.99. The number of aromatic nitrogens is 1. The summed E-state index contributed by atoms with van der Waals surface area (Å²) < 4.78 is 5.43. The molecule has 0 unspecified atom stereocenters. The van der Waals surface area contributed by atoms with Crippen molar-refractivity contribution < 1.29 is 0 Å². The molecule has 0 amide bonds. The van der Waals surface area contributed by atoms with Crippen LogP contribution >= 0.6 is 23.1 Å². The third-order valence-corrected chi connectivity index (χ3v) is 12.6. The highest BCUT2D eigenvalue weighted by Crippen LogP contribution is 2.56. The predicted octanol–water partition coefficient (Wildman–Crippen LogP) is 10.2. The Bertz CT molecular complexity index is 2830. The molecule has 0 radical (unpaired) electrons. The lowest BCUT2D eigenvalue weighted by molar-refractivity contribution is 1.17. The van der Waals surface area contributed by atoms with Crippen molar-refractivity contribution in [3.8, 4) is 11.1 Å². The summed E-state index contributed by atoms with van der Waals surface area (Å²) in [6.45, 7) is 0.0578. The lowest BCUT2D eigenvalue weighted by Gasteiger charge is -2.43. The Hall–Kier alpha value is -4.97. The van der Waals surface area contributed by atoms with Gasteiger partial charge in [-0.1, -0.05) is 109 Å². The van der Waals surface area contributed by atoms with Crippen molar-refractivity contribution in [3.63, 3.8) is 0 Å². The lowest BCUT2D eigenvalue weighted by atomic mass is 9.45. The van der Waals surface area contributed by atoms with Gasteiger partial charge in [0.05, 0.1) is 21.8 Å². The summed E-state index contributed by atoms with van der Waals surface area (Å²) in [6, 6.07) is 47.9. The molecule has 3 aliphatic heterocycles. The number of hydrogen-bond donors (Lipinski definition) is 0. The van der Waals surface area contributed by atoms with E-state index in [0.717, 1.165) is 0 Å². The molecule has 7 aromatic carbocycles. The molecular weight excluding hydrogens is 583 g/mol. The molecule has 5 heterocycles. The number of nitrogens with zero attached hydrogens (tertiary/aromatic N) is 2. The fourth-order valence-corrected chi connectivity index (χ4v) is 11.0. The van der Waals surface area contributed by atoms with Gasteiger partial charge in [0.2, 0.25) is 0 Å². The summed E-state index contributed by atoms with van der Waals surface area (Å²) >= 11 is 3.85. The Morgan fingerprint density at radius 2 is 1.31 bits per heavy atom. The van der Waals surface area contributed by atoms with Gasteiger partial charge in [-0.25, -0.2) is 0 Å². The van der Waals surface area contributed by atoms with E-state index in [1.807, 2.05) is 23.1 Å². The van der Waals surface area contributed by atoms with Gasteiger partial charge in [0.1, 0.15) is 0 Å². The molecule has 0 fully saturated rings. The second kappa shape index (κ2) is 8.00. The minimum Gasteiger partial charge on any atom is -0.375 e. The molecule has 0 N–H and O–H groups in total. The number of hydrogen-bond acceptors (Lipinski definition) is 3. The molecule has 0 spiro atoms. The quantitative estimate of drug-likeness (QED) is 0.159. The van der Waals surface area contributed by atoms with E-state index in [2.05, 4.69) is 137 Å². The minimum absolute atomic E-state index is 0.0578. The first-order valence-corrected chi connectivity index (χ1v) is 17.1. The van der Waals surface area contributed by atoms with Gasteiger partial charge in [0.15, 0.2) is 0 Å². The molecule has 0 saturated carbocycles. The molecule has 0 bridgehead atoms. The molecule has 0 saturated heterocycles. The van der Waals surface area contributed by atoms with E-state index in [9.17, 15) is 0 Å². The second-order valence-corrected chi connectivity index (χ2v) is 14.6. The molecular formula is C40H21BN2S2. The number of anilines is 3. The SMILES string of the molecule is c1ccc2c(c1)Sc1cccc3c1N2c1c2c(cc4c1sc1ccccc14)-c1cccc4c5ccc6ccccc6c5n(c14)B32. The van der Waals surface area contributed by atoms with Gasteiger partial charge in [-0.05, 0) is 52.2 Å². The van der Waals surface area contributed by atoms with Crippen LogP contribution in [0.5, 0.6) is 0 Å². The van der Waals surface area contributed by atoms with Crippen molar-refractivity contribution in [3.05, 3.63) is 127 Å². The van der Waals surface area contributed by atoms with E-state index < -0.39 is 0 Å². The van der Waals surface area contributed by atoms with Crippen molar-refractivity contribution in [2.45, 2.75) is 9.79 Å². The molecule has 45 heavy (non-hydrogen) atoms. The van der Waals surface area contributed by atoms with Gasteiger partial charge >= 0.3 is 6.85 Å². The van der Waals surface area contributed by atoms with E-state index in [1.165, 1.54) is 102 Å². The third kappa shape index (κ3) is 2.69. The Kier molecular flexibility index (Phi) is 4.16. The Morgan fingerprint density at radius 3 is 2.29 bits per heavy atom. The maximum absolute atomic E-state index is 2.71. The van der Waals surface area contributed by atoms with Crippen LogP contribution in [0.3, 0.4) is 0 Å². The number of rotatable bonds is 0. The van der Waals surface area contributed by atoms with Crippen LogP contribution in [-0.2, 0) is 0 Å². The highest BCUT2D eigenvalue weighted by Gasteiger charge is 2.46. The normalized spacial score (nSPS) is 14.0. The number of para-hydroxylation sites is 3. The van der Waals surface area contributed by atoms with Gasteiger partial charge in [-0.15, -0.1) is 11.3 Å². The first-order valence-electron chi connectivity index (χ1n) is 15.5. The van der Waals surface area contributed by atoms with Gasteiger partial charge in [0.25, 0.3) is 0 Å². The molecule has 12 rings (SSSR count). The third-order valence-electron chi connectivity index (χ3n) is 10.3. The van der Waals surface area contributed by atoms with Gasteiger partial charge < -0.3 is 9.38 Å². The number of fused-ring (bicyclic) bond motifs is 15. The molecule has 0 aliphatic carbocycles. The Labute approximate surface area is 267 Å². The first kappa shape index (κ1) is 23.4. The highest BCUT2D eigenvalue weighted by atomic mass is 32.2. The first-order chi connectivity index (χ1) is 22.3. The summed E-state index contributed by atoms with van der Waals surface area (Å²) in [6.07, 6.45) is 0. The van der Waals surface area contributed by atoms with Gasteiger partial charge in [-0.3, -0.25) is 0 Å². The molecule has 0 atom stereocenters. The Balaban J connectivity index is 1.37. The fraction of sp³-hybridized carbons (Fsp3) is 0. The van der Waals surface area contributed by atoms with Crippen molar-refractivity contribution >= 4 is 111 Å². The minimum atomic E-state index is 0.0578. The average molecular weight is 605 g/mol.